The average molecular weight is 561 g/mol. The molecule has 0 aliphatic heterocycles. The normalized spacial score (nSPS) is 11.3. The molecule has 0 aliphatic carbocycles. The Morgan fingerprint density at radius 3 is 2.74 bits per heavy atom. The van der Waals surface area contributed by atoms with Crippen LogP contribution in [0.1, 0.15) is 21.5 Å². The first-order chi connectivity index (χ1) is 19.0. The molecule has 0 aliphatic rings. The van der Waals surface area contributed by atoms with Gasteiger partial charge < -0.3 is 18.6 Å². The average Bonchev–Trinajstić information content (AvgIpc) is 3.65. The molecule has 0 unspecified atom stereocenters. The monoisotopic (exact) mass is 560 g/mol. The third kappa shape index (κ3) is 5.04. The van der Waals surface area contributed by atoms with E-state index in [1.807, 2.05) is 36.4 Å². The highest BCUT2D eigenvalue weighted by Crippen LogP contribution is 2.37. The molecular formula is C28H21ClN4O5S. The molecule has 4 heterocycles. The van der Waals surface area contributed by atoms with E-state index in [0.717, 1.165) is 16.5 Å². The number of carbonyl (C=O) groups excluding carboxylic acids is 1. The number of hydrogen-bond donors (Lipinski definition) is 0. The number of carbonyl (C=O) groups is 1. The zero-order valence-corrected chi connectivity index (χ0v) is 22.5. The smallest absolute Gasteiger partial charge is 0.294 e. The number of imidazole rings is 1. The van der Waals surface area contributed by atoms with Gasteiger partial charge in [0.25, 0.3) is 5.19 Å². The molecule has 0 saturated carbocycles. The van der Waals surface area contributed by atoms with E-state index in [0.29, 0.717) is 44.3 Å². The minimum absolute atomic E-state index is 0.0978. The molecule has 0 saturated heterocycles. The van der Waals surface area contributed by atoms with Crippen LogP contribution < -0.4 is 14.2 Å². The van der Waals surface area contributed by atoms with Gasteiger partial charge in [0.15, 0.2) is 11.5 Å². The predicted octanol–water partition coefficient (Wildman–Crippen LogP) is 6.27. The molecule has 0 radical (unpaired) electrons. The summed E-state index contributed by atoms with van der Waals surface area (Å²) < 4.78 is 24.6. The van der Waals surface area contributed by atoms with E-state index in [9.17, 15) is 4.79 Å². The summed E-state index contributed by atoms with van der Waals surface area (Å²) in [6.07, 6.45) is 3.55. The van der Waals surface area contributed by atoms with Gasteiger partial charge in [-0.25, -0.2) is 14.5 Å². The Labute approximate surface area is 231 Å². The number of benzene rings is 2. The highest BCUT2D eigenvalue weighted by atomic mass is 35.5. The Morgan fingerprint density at radius 1 is 1.08 bits per heavy atom. The summed E-state index contributed by atoms with van der Waals surface area (Å²) in [6, 6.07) is 16.6. The lowest BCUT2D eigenvalue weighted by Gasteiger charge is -2.10. The predicted molar refractivity (Wildman–Crippen MR) is 147 cm³/mol. The van der Waals surface area contributed by atoms with Crippen LogP contribution in [0.15, 0.2) is 71.4 Å². The van der Waals surface area contributed by atoms with E-state index >= 15 is 0 Å². The minimum Gasteiger partial charge on any atom is -0.496 e. The number of ketones is 1. The van der Waals surface area contributed by atoms with Gasteiger partial charge >= 0.3 is 0 Å². The molecule has 9 nitrogen and oxygen atoms in total. The summed E-state index contributed by atoms with van der Waals surface area (Å²) in [7, 11) is 3.16. The van der Waals surface area contributed by atoms with Gasteiger partial charge in [0.1, 0.15) is 34.5 Å². The van der Waals surface area contributed by atoms with Gasteiger partial charge in [-0.1, -0.05) is 35.9 Å². The summed E-state index contributed by atoms with van der Waals surface area (Å²) in [5.41, 5.74) is 3.42. The topological polar surface area (TPSA) is 101 Å². The van der Waals surface area contributed by atoms with Crippen molar-refractivity contribution in [1.29, 1.82) is 0 Å². The lowest BCUT2D eigenvalue weighted by atomic mass is 10.0. The molecule has 0 N–H and O–H groups in total. The van der Waals surface area contributed by atoms with Crippen LogP contribution in [0.25, 0.3) is 27.4 Å². The van der Waals surface area contributed by atoms with Crippen molar-refractivity contribution in [3.8, 4) is 28.1 Å². The van der Waals surface area contributed by atoms with Crippen LogP contribution in [-0.4, -0.2) is 39.6 Å². The second-order valence-corrected chi connectivity index (χ2v) is 9.90. The largest absolute Gasteiger partial charge is 0.496 e. The van der Waals surface area contributed by atoms with Crippen molar-refractivity contribution in [3.63, 3.8) is 0 Å². The van der Waals surface area contributed by atoms with Gasteiger partial charge in [0.2, 0.25) is 4.96 Å². The van der Waals surface area contributed by atoms with E-state index < -0.39 is 0 Å². The van der Waals surface area contributed by atoms with Crippen molar-refractivity contribution in [2.45, 2.75) is 13.0 Å². The SMILES string of the molecule is COc1cc(OCc2cccc(CC(=O)c3cccnc3Cl)c2)c2cc(-c3cn4nc(OC)sc4n3)oc2c1. The van der Waals surface area contributed by atoms with Crippen LogP contribution in [0, 0.1) is 0 Å². The number of Topliss-reactive ketones (excluding diaryl/α,β-unsaturated/α-hetero) is 1. The number of nitrogens with zero attached hydrogens (tertiary/aromatic N) is 4. The first-order valence-electron chi connectivity index (χ1n) is 11.9. The quantitative estimate of drug-likeness (QED) is 0.150. The van der Waals surface area contributed by atoms with Crippen LogP contribution in [0.2, 0.25) is 5.15 Å². The second kappa shape index (κ2) is 10.4. The zero-order chi connectivity index (χ0) is 26.9. The highest BCUT2D eigenvalue weighted by Gasteiger charge is 2.17. The Balaban J connectivity index is 1.24. The lowest BCUT2D eigenvalue weighted by Crippen LogP contribution is -2.06. The van der Waals surface area contributed by atoms with Gasteiger partial charge in [-0.15, -0.1) is 5.10 Å². The van der Waals surface area contributed by atoms with Crippen LogP contribution in [0.3, 0.4) is 0 Å². The highest BCUT2D eigenvalue weighted by molar-refractivity contribution is 7.18. The van der Waals surface area contributed by atoms with Crippen LogP contribution in [0.5, 0.6) is 16.7 Å². The number of aromatic nitrogens is 4. The maximum absolute atomic E-state index is 12.7. The van der Waals surface area contributed by atoms with Gasteiger partial charge in [-0.05, 0) is 40.7 Å². The first-order valence-corrected chi connectivity index (χ1v) is 13.1. The third-order valence-corrected chi connectivity index (χ3v) is 7.26. The Hall–Kier alpha value is -4.41. The summed E-state index contributed by atoms with van der Waals surface area (Å²) in [5, 5.41) is 5.84. The molecule has 0 atom stereocenters. The van der Waals surface area contributed by atoms with Crippen molar-refractivity contribution >= 4 is 44.7 Å². The molecule has 0 fully saturated rings. The number of fused-ring (bicyclic) bond motifs is 2. The molecule has 39 heavy (non-hydrogen) atoms. The molecule has 0 spiro atoms. The number of pyridine rings is 1. The van der Waals surface area contributed by atoms with Crippen molar-refractivity contribution < 1.29 is 23.4 Å². The van der Waals surface area contributed by atoms with Gasteiger partial charge in [0, 0.05) is 24.8 Å². The third-order valence-electron chi connectivity index (χ3n) is 6.07. The Kier molecular flexibility index (Phi) is 6.64. The first kappa shape index (κ1) is 24.9. The molecule has 4 aromatic heterocycles. The van der Waals surface area contributed by atoms with Crippen molar-refractivity contribution in [2.75, 3.05) is 14.2 Å². The number of halogens is 1. The van der Waals surface area contributed by atoms with Crippen molar-refractivity contribution in [3.05, 3.63) is 88.8 Å². The van der Waals surface area contributed by atoms with Crippen molar-refractivity contribution in [1.82, 2.24) is 19.6 Å². The molecule has 2 aromatic carbocycles. The second-order valence-electron chi connectivity index (χ2n) is 8.62. The Morgan fingerprint density at radius 2 is 1.95 bits per heavy atom. The standard InChI is InChI=1S/C28H21ClN4O5S/c1-35-18-11-23(20-13-25(38-24(20)12-18)21-14-33-27(31-21)39-28(32-33)36-2)37-15-17-6-3-5-16(9-17)10-22(34)19-7-4-8-30-26(19)29/h3-9,11-14H,10,15H2,1-2H3. The number of hydrogen-bond acceptors (Lipinski definition) is 9. The van der Waals surface area contributed by atoms with Gasteiger partial charge in [-0.3, -0.25) is 4.79 Å². The van der Waals surface area contributed by atoms with Gasteiger partial charge in [-0.2, -0.15) is 0 Å². The van der Waals surface area contributed by atoms with Gasteiger partial charge in [0.05, 0.1) is 31.4 Å². The van der Waals surface area contributed by atoms with E-state index in [1.54, 1.807) is 49.3 Å². The lowest BCUT2D eigenvalue weighted by molar-refractivity contribution is 0.0992. The van der Waals surface area contributed by atoms with Crippen molar-refractivity contribution in [2.24, 2.45) is 0 Å². The van der Waals surface area contributed by atoms with E-state index in [-0.39, 0.29) is 24.0 Å². The molecular weight excluding hydrogens is 540 g/mol. The fourth-order valence-electron chi connectivity index (χ4n) is 4.19. The molecule has 0 bridgehead atoms. The van der Waals surface area contributed by atoms with Crippen LogP contribution in [-0.2, 0) is 13.0 Å². The van der Waals surface area contributed by atoms with Crippen LogP contribution in [0.4, 0.5) is 0 Å². The molecule has 6 rings (SSSR count). The minimum atomic E-state index is -0.0978. The summed E-state index contributed by atoms with van der Waals surface area (Å²) >= 11 is 7.43. The molecule has 196 valence electrons. The van der Waals surface area contributed by atoms with E-state index in [1.165, 1.54) is 11.3 Å². The number of furan rings is 1. The zero-order valence-electron chi connectivity index (χ0n) is 20.9. The fraction of sp³-hybridized carbons (Fsp3) is 0.143. The maximum atomic E-state index is 12.7. The molecule has 11 heteroatoms. The van der Waals surface area contributed by atoms with E-state index in [2.05, 4.69) is 15.1 Å². The Bertz CT molecular complexity index is 1790. The van der Waals surface area contributed by atoms with E-state index in [4.69, 9.17) is 30.2 Å². The maximum Gasteiger partial charge on any atom is 0.294 e. The summed E-state index contributed by atoms with van der Waals surface area (Å²) in [6.45, 7) is 0.280. The summed E-state index contributed by atoms with van der Waals surface area (Å²) in [5.74, 6) is 1.68. The molecule has 6 aromatic rings. The molecule has 0 amide bonds. The fourth-order valence-corrected chi connectivity index (χ4v) is 5.12. The number of methoxy groups -OCH3 is 2. The number of rotatable bonds is 9. The number of ether oxygens (including phenoxy) is 3. The van der Waals surface area contributed by atoms with Crippen LogP contribution >= 0.6 is 22.9 Å². The summed E-state index contributed by atoms with van der Waals surface area (Å²) in [4.78, 5) is 22.0.